The molecule has 1 heterocycles. The predicted molar refractivity (Wildman–Crippen MR) is 46.6 cm³/mol. The number of hydrogen-bond donors (Lipinski definition) is 0. The van der Waals surface area contributed by atoms with Crippen molar-refractivity contribution in [2.24, 2.45) is 0 Å². The van der Waals surface area contributed by atoms with Crippen LogP contribution in [0.4, 0.5) is 0 Å². The molecule has 6 heteroatoms. The number of ether oxygens (including phenoxy) is 1. The zero-order chi connectivity index (χ0) is 10.1. The molecular formula is C7H13NO4S. The van der Waals surface area contributed by atoms with Gasteiger partial charge >= 0.3 is 5.97 Å². The van der Waals surface area contributed by atoms with E-state index in [1.165, 1.54) is 11.4 Å². The SMILES string of the molecule is COC(=O)C1CCCN1S(C)(=O)=O. The van der Waals surface area contributed by atoms with Crippen LogP contribution in [-0.2, 0) is 19.6 Å². The zero-order valence-electron chi connectivity index (χ0n) is 7.69. The van der Waals surface area contributed by atoms with Gasteiger partial charge in [-0.15, -0.1) is 0 Å². The minimum Gasteiger partial charge on any atom is -0.468 e. The molecule has 0 N–H and O–H groups in total. The summed E-state index contributed by atoms with van der Waals surface area (Å²) in [5.74, 6) is -0.470. The molecule has 1 atom stereocenters. The van der Waals surface area contributed by atoms with Crippen LogP contribution in [0.1, 0.15) is 12.8 Å². The van der Waals surface area contributed by atoms with Crippen LogP contribution in [0, 0.1) is 0 Å². The maximum absolute atomic E-state index is 11.2. The molecule has 0 bridgehead atoms. The highest BCUT2D eigenvalue weighted by molar-refractivity contribution is 7.88. The summed E-state index contributed by atoms with van der Waals surface area (Å²) >= 11 is 0. The quantitative estimate of drug-likeness (QED) is 0.577. The van der Waals surface area contributed by atoms with E-state index in [2.05, 4.69) is 4.74 Å². The Balaban J connectivity index is 2.82. The van der Waals surface area contributed by atoms with Crippen LogP contribution in [0.25, 0.3) is 0 Å². The maximum atomic E-state index is 11.2. The monoisotopic (exact) mass is 207 g/mol. The summed E-state index contributed by atoms with van der Waals surface area (Å²) in [6, 6.07) is -0.611. The van der Waals surface area contributed by atoms with Crippen LogP contribution in [-0.4, -0.2) is 44.6 Å². The molecule has 76 valence electrons. The van der Waals surface area contributed by atoms with E-state index in [1.807, 2.05) is 0 Å². The number of carbonyl (C=O) groups is 1. The first kappa shape index (κ1) is 10.5. The lowest BCUT2D eigenvalue weighted by Crippen LogP contribution is -2.40. The van der Waals surface area contributed by atoms with Gasteiger partial charge in [0.15, 0.2) is 0 Å². The molecule has 0 aromatic carbocycles. The molecule has 1 saturated heterocycles. The van der Waals surface area contributed by atoms with Crippen molar-refractivity contribution in [1.82, 2.24) is 4.31 Å². The van der Waals surface area contributed by atoms with Crippen LogP contribution in [0.15, 0.2) is 0 Å². The second kappa shape index (κ2) is 3.63. The van der Waals surface area contributed by atoms with Gasteiger partial charge in [-0.25, -0.2) is 8.42 Å². The van der Waals surface area contributed by atoms with Gasteiger partial charge in [0.05, 0.1) is 13.4 Å². The van der Waals surface area contributed by atoms with Crippen LogP contribution < -0.4 is 0 Å². The molecule has 1 unspecified atom stereocenters. The van der Waals surface area contributed by atoms with E-state index >= 15 is 0 Å². The first-order valence-electron chi connectivity index (χ1n) is 4.01. The van der Waals surface area contributed by atoms with E-state index < -0.39 is 22.0 Å². The molecule has 1 fully saturated rings. The van der Waals surface area contributed by atoms with Gasteiger partial charge in [0.1, 0.15) is 6.04 Å². The average molecular weight is 207 g/mol. The number of carbonyl (C=O) groups excluding carboxylic acids is 1. The third-order valence-corrected chi connectivity index (χ3v) is 3.39. The summed E-state index contributed by atoms with van der Waals surface area (Å²) in [5, 5.41) is 0. The molecule has 0 aliphatic carbocycles. The van der Waals surface area contributed by atoms with Crippen molar-refractivity contribution in [1.29, 1.82) is 0 Å². The Morgan fingerprint density at radius 1 is 1.54 bits per heavy atom. The lowest BCUT2D eigenvalue weighted by molar-refractivity contribution is -0.144. The van der Waals surface area contributed by atoms with Gasteiger partial charge in [0, 0.05) is 6.54 Å². The summed E-state index contributed by atoms with van der Waals surface area (Å²) in [6.45, 7) is 0.415. The van der Waals surface area contributed by atoms with Crippen molar-refractivity contribution in [3.63, 3.8) is 0 Å². The Labute approximate surface area is 77.7 Å². The van der Waals surface area contributed by atoms with Crippen molar-refractivity contribution >= 4 is 16.0 Å². The maximum Gasteiger partial charge on any atom is 0.324 e. The number of methoxy groups -OCH3 is 1. The van der Waals surface area contributed by atoms with Crippen molar-refractivity contribution in [2.75, 3.05) is 19.9 Å². The second-order valence-corrected chi connectivity index (χ2v) is 4.99. The Morgan fingerprint density at radius 2 is 2.15 bits per heavy atom. The smallest absolute Gasteiger partial charge is 0.324 e. The predicted octanol–water partition coefficient (Wildman–Crippen LogP) is -0.417. The molecule has 5 nitrogen and oxygen atoms in total. The van der Waals surface area contributed by atoms with Crippen LogP contribution >= 0.6 is 0 Å². The minimum atomic E-state index is -3.27. The van der Waals surface area contributed by atoms with Gasteiger partial charge in [-0.2, -0.15) is 4.31 Å². The van der Waals surface area contributed by atoms with Crippen molar-refractivity contribution in [3.8, 4) is 0 Å². The summed E-state index contributed by atoms with van der Waals surface area (Å²) < 4.78 is 28.1. The van der Waals surface area contributed by atoms with Crippen molar-refractivity contribution in [3.05, 3.63) is 0 Å². The van der Waals surface area contributed by atoms with Gasteiger partial charge in [0.25, 0.3) is 0 Å². The van der Waals surface area contributed by atoms with Crippen molar-refractivity contribution in [2.45, 2.75) is 18.9 Å². The summed E-state index contributed by atoms with van der Waals surface area (Å²) in [5.41, 5.74) is 0. The number of nitrogens with zero attached hydrogens (tertiary/aromatic N) is 1. The number of sulfonamides is 1. The van der Waals surface area contributed by atoms with Crippen LogP contribution in [0.3, 0.4) is 0 Å². The molecule has 1 aliphatic heterocycles. The van der Waals surface area contributed by atoms with E-state index in [0.717, 1.165) is 6.26 Å². The second-order valence-electron chi connectivity index (χ2n) is 3.05. The number of rotatable bonds is 2. The van der Waals surface area contributed by atoms with Gasteiger partial charge in [0.2, 0.25) is 10.0 Å². The molecule has 0 aromatic heterocycles. The largest absolute Gasteiger partial charge is 0.468 e. The van der Waals surface area contributed by atoms with E-state index in [-0.39, 0.29) is 0 Å². The Bertz CT molecular complexity index is 298. The Hall–Kier alpha value is -0.620. The lowest BCUT2D eigenvalue weighted by Gasteiger charge is -2.19. The van der Waals surface area contributed by atoms with E-state index in [0.29, 0.717) is 19.4 Å². The first-order chi connectivity index (χ1) is 5.96. The highest BCUT2D eigenvalue weighted by Gasteiger charge is 2.36. The number of hydrogen-bond acceptors (Lipinski definition) is 4. The molecule has 0 spiro atoms. The highest BCUT2D eigenvalue weighted by atomic mass is 32.2. The summed E-state index contributed by atoms with van der Waals surface area (Å²) in [4.78, 5) is 11.1. The summed E-state index contributed by atoms with van der Waals surface area (Å²) in [6.07, 6.45) is 2.38. The number of esters is 1. The lowest BCUT2D eigenvalue weighted by atomic mass is 10.2. The van der Waals surface area contributed by atoms with E-state index in [4.69, 9.17) is 0 Å². The van der Waals surface area contributed by atoms with Gasteiger partial charge < -0.3 is 4.74 Å². The first-order valence-corrected chi connectivity index (χ1v) is 5.86. The molecule has 0 aromatic rings. The van der Waals surface area contributed by atoms with E-state index in [9.17, 15) is 13.2 Å². The third kappa shape index (κ3) is 2.19. The molecule has 0 amide bonds. The molecule has 0 radical (unpaired) electrons. The normalized spacial score (nSPS) is 24.6. The molecular weight excluding hydrogens is 194 g/mol. The van der Waals surface area contributed by atoms with Gasteiger partial charge in [-0.3, -0.25) is 4.79 Å². The molecule has 1 rings (SSSR count). The molecule has 0 saturated carbocycles. The average Bonchev–Trinajstić information content (AvgIpc) is 2.49. The van der Waals surface area contributed by atoms with E-state index in [1.54, 1.807) is 0 Å². The third-order valence-electron chi connectivity index (χ3n) is 2.10. The fraction of sp³-hybridized carbons (Fsp3) is 0.857. The Morgan fingerprint density at radius 3 is 2.62 bits per heavy atom. The van der Waals surface area contributed by atoms with Gasteiger partial charge in [-0.1, -0.05) is 0 Å². The minimum absolute atomic E-state index is 0.415. The Kier molecular flexibility index (Phi) is 2.92. The van der Waals surface area contributed by atoms with Crippen LogP contribution in [0.2, 0.25) is 0 Å². The fourth-order valence-electron chi connectivity index (χ4n) is 1.51. The fourth-order valence-corrected chi connectivity index (χ4v) is 2.62. The zero-order valence-corrected chi connectivity index (χ0v) is 8.50. The van der Waals surface area contributed by atoms with Crippen LogP contribution in [0.5, 0.6) is 0 Å². The topological polar surface area (TPSA) is 63.7 Å². The van der Waals surface area contributed by atoms with Crippen molar-refractivity contribution < 1.29 is 17.9 Å². The molecule has 1 aliphatic rings. The molecule has 13 heavy (non-hydrogen) atoms. The summed E-state index contributed by atoms with van der Waals surface area (Å²) in [7, 11) is -2.01. The standard InChI is InChI=1S/C7H13NO4S/c1-12-7(9)6-4-3-5-8(6)13(2,10)11/h6H,3-5H2,1-2H3. The highest BCUT2D eigenvalue weighted by Crippen LogP contribution is 2.20. The van der Waals surface area contributed by atoms with Gasteiger partial charge in [-0.05, 0) is 12.8 Å².